The summed E-state index contributed by atoms with van der Waals surface area (Å²) >= 11 is 3.48. The highest BCUT2D eigenvalue weighted by Gasteiger charge is 2.22. The topological polar surface area (TPSA) is 64.8 Å². The van der Waals surface area contributed by atoms with Crippen LogP contribution in [-0.4, -0.2) is 50.3 Å². The lowest BCUT2D eigenvalue weighted by Crippen LogP contribution is -2.41. The van der Waals surface area contributed by atoms with E-state index in [0.717, 1.165) is 61.2 Å². The Kier molecular flexibility index (Phi) is 10.4. The molecule has 1 amide bonds. The van der Waals surface area contributed by atoms with Gasteiger partial charge in [0.2, 0.25) is 5.91 Å². The second-order valence-corrected chi connectivity index (χ2v) is 6.92. The smallest absolute Gasteiger partial charge is 0.222 e. The molecule has 0 saturated carbocycles. The van der Waals surface area contributed by atoms with Gasteiger partial charge >= 0.3 is 0 Å². The molecule has 7 heteroatoms. The number of nitrogens with zero attached hydrogens (tertiary/aromatic N) is 1. The van der Waals surface area contributed by atoms with Gasteiger partial charge in [-0.3, -0.25) is 4.79 Å². The first-order valence-electron chi connectivity index (χ1n) is 8.56. The molecule has 2 rings (SSSR count). The van der Waals surface area contributed by atoms with E-state index in [1.165, 1.54) is 0 Å². The number of nitrogens with two attached hydrogens (primary N) is 1. The number of likely N-dealkylation sites (tertiary alicyclic amines) is 1. The lowest BCUT2D eigenvalue weighted by molar-refractivity contribution is -0.133. The minimum Gasteiger partial charge on any atom is -0.496 e. The van der Waals surface area contributed by atoms with E-state index in [2.05, 4.69) is 15.9 Å². The predicted octanol–water partition coefficient (Wildman–Crippen LogP) is 3.17. The van der Waals surface area contributed by atoms with Crippen molar-refractivity contribution >= 4 is 34.2 Å². The van der Waals surface area contributed by atoms with Gasteiger partial charge in [0.25, 0.3) is 0 Å². The molecule has 25 heavy (non-hydrogen) atoms. The molecule has 142 valence electrons. The number of ether oxygens (including phenoxy) is 2. The van der Waals surface area contributed by atoms with Gasteiger partial charge in [-0.2, -0.15) is 0 Å². The Labute approximate surface area is 164 Å². The number of rotatable bonds is 8. The molecular formula is C18H28BrClN2O3. The number of methoxy groups -OCH3 is 1. The number of carbonyl (C=O) groups excluding carboxylic acids is 1. The maximum atomic E-state index is 12.4. The molecule has 1 aromatic carbocycles. The van der Waals surface area contributed by atoms with Gasteiger partial charge < -0.3 is 20.1 Å². The molecule has 0 aromatic heterocycles. The number of benzene rings is 1. The van der Waals surface area contributed by atoms with Crippen molar-refractivity contribution in [1.82, 2.24) is 4.90 Å². The molecule has 5 nitrogen and oxygen atoms in total. The molecule has 1 aliphatic heterocycles. The third kappa shape index (κ3) is 7.13. The van der Waals surface area contributed by atoms with Gasteiger partial charge in [-0.25, -0.2) is 0 Å². The Morgan fingerprint density at radius 2 is 2.08 bits per heavy atom. The zero-order valence-electron chi connectivity index (χ0n) is 14.7. The van der Waals surface area contributed by atoms with Crippen molar-refractivity contribution in [2.24, 2.45) is 5.73 Å². The van der Waals surface area contributed by atoms with Crippen LogP contribution in [0.2, 0.25) is 0 Å². The number of carbonyl (C=O) groups is 1. The molecule has 2 N–H and O–H groups in total. The highest BCUT2D eigenvalue weighted by Crippen LogP contribution is 2.26. The minimum absolute atomic E-state index is 0. The van der Waals surface area contributed by atoms with Gasteiger partial charge in [-0.1, -0.05) is 6.07 Å². The summed E-state index contributed by atoms with van der Waals surface area (Å²) in [6, 6.07) is 5.95. The predicted molar refractivity (Wildman–Crippen MR) is 105 cm³/mol. The molecule has 0 spiro atoms. The van der Waals surface area contributed by atoms with Gasteiger partial charge in [0.15, 0.2) is 0 Å². The van der Waals surface area contributed by atoms with E-state index in [-0.39, 0.29) is 24.4 Å². The summed E-state index contributed by atoms with van der Waals surface area (Å²) in [6.07, 6.45) is 4.30. The van der Waals surface area contributed by atoms with Crippen LogP contribution < -0.4 is 10.5 Å². The van der Waals surface area contributed by atoms with E-state index in [1.807, 2.05) is 23.1 Å². The van der Waals surface area contributed by atoms with Crippen LogP contribution in [0.25, 0.3) is 0 Å². The molecule has 1 aromatic rings. The van der Waals surface area contributed by atoms with Gasteiger partial charge in [0, 0.05) is 26.1 Å². The molecule has 0 radical (unpaired) electrons. The number of piperidine rings is 1. The van der Waals surface area contributed by atoms with E-state index in [1.54, 1.807) is 7.11 Å². The first-order valence-corrected chi connectivity index (χ1v) is 9.35. The fourth-order valence-corrected chi connectivity index (χ4v) is 3.47. The second-order valence-electron chi connectivity index (χ2n) is 6.06. The van der Waals surface area contributed by atoms with Crippen molar-refractivity contribution in [3.8, 4) is 5.75 Å². The van der Waals surface area contributed by atoms with Crippen LogP contribution in [0.3, 0.4) is 0 Å². The van der Waals surface area contributed by atoms with Crippen molar-refractivity contribution in [2.45, 2.75) is 38.2 Å². The first kappa shape index (κ1) is 22.2. The maximum Gasteiger partial charge on any atom is 0.222 e. The number of halogens is 2. The molecule has 1 aliphatic rings. The fraction of sp³-hybridized carbons (Fsp3) is 0.611. The molecular weight excluding hydrogens is 408 g/mol. The van der Waals surface area contributed by atoms with Crippen LogP contribution in [-0.2, 0) is 16.0 Å². The SMILES string of the molecule is COc1ccc(CCC(=O)N2CCC(OCCCN)CC2)cc1Br.Cl. The Morgan fingerprint density at radius 3 is 2.68 bits per heavy atom. The third-order valence-electron chi connectivity index (χ3n) is 4.34. The van der Waals surface area contributed by atoms with Gasteiger partial charge in [0.05, 0.1) is 17.7 Å². The lowest BCUT2D eigenvalue weighted by atomic mass is 10.1. The average Bonchev–Trinajstić information content (AvgIpc) is 2.60. The largest absolute Gasteiger partial charge is 0.496 e. The molecule has 0 bridgehead atoms. The number of hydrogen-bond donors (Lipinski definition) is 1. The molecule has 1 fully saturated rings. The summed E-state index contributed by atoms with van der Waals surface area (Å²) in [5.41, 5.74) is 6.61. The quantitative estimate of drug-likeness (QED) is 0.637. The van der Waals surface area contributed by atoms with Crippen LogP contribution in [0.15, 0.2) is 22.7 Å². The van der Waals surface area contributed by atoms with E-state index in [0.29, 0.717) is 13.0 Å². The van der Waals surface area contributed by atoms with Gasteiger partial charge in [-0.05, 0) is 65.9 Å². The summed E-state index contributed by atoms with van der Waals surface area (Å²) in [5.74, 6) is 1.03. The zero-order chi connectivity index (χ0) is 17.4. The monoisotopic (exact) mass is 434 g/mol. The molecule has 1 heterocycles. The number of amides is 1. The highest BCUT2D eigenvalue weighted by atomic mass is 79.9. The van der Waals surface area contributed by atoms with E-state index in [4.69, 9.17) is 15.2 Å². The summed E-state index contributed by atoms with van der Waals surface area (Å²) in [6.45, 7) is 2.97. The fourth-order valence-electron chi connectivity index (χ4n) is 2.88. The van der Waals surface area contributed by atoms with Crippen LogP contribution in [0.5, 0.6) is 5.75 Å². The Balaban J connectivity index is 0.00000312. The summed E-state index contributed by atoms with van der Waals surface area (Å²) in [4.78, 5) is 14.3. The summed E-state index contributed by atoms with van der Waals surface area (Å²) in [7, 11) is 1.65. The van der Waals surface area contributed by atoms with Gasteiger partial charge in [-0.15, -0.1) is 12.4 Å². The Morgan fingerprint density at radius 1 is 1.36 bits per heavy atom. The minimum atomic E-state index is 0. The van der Waals surface area contributed by atoms with Crippen molar-refractivity contribution < 1.29 is 14.3 Å². The zero-order valence-corrected chi connectivity index (χ0v) is 17.1. The van der Waals surface area contributed by atoms with E-state index < -0.39 is 0 Å². The van der Waals surface area contributed by atoms with Crippen molar-refractivity contribution in [2.75, 3.05) is 33.4 Å². The summed E-state index contributed by atoms with van der Waals surface area (Å²) < 4.78 is 11.9. The molecule has 0 aliphatic carbocycles. The van der Waals surface area contributed by atoms with E-state index >= 15 is 0 Å². The van der Waals surface area contributed by atoms with Crippen molar-refractivity contribution in [3.05, 3.63) is 28.2 Å². The van der Waals surface area contributed by atoms with Crippen molar-refractivity contribution in [1.29, 1.82) is 0 Å². The maximum absolute atomic E-state index is 12.4. The molecule has 0 atom stereocenters. The average molecular weight is 436 g/mol. The van der Waals surface area contributed by atoms with Crippen LogP contribution in [0, 0.1) is 0 Å². The standard InChI is InChI=1S/C18H27BrN2O3.ClH/c1-23-17-5-3-14(13-16(17)19)4-6-18(22)21-10-7-15(8-11-21)24-12-2-9-20;/h3,5,13,15H,2,4,6-12,20H2,1H3;1H. The second kappa shape index (κ2) is 11.7. The van der Waals surface area contributed by atoms with Crippen molar-refractivity contribution in [3.63, 3.8) is 0 Å². The number of aryl methyl sites for hydroxylation is 1. The lowest BCUT2D eigenvalue weighted by Gasteiger charge is -2.32. The van der Waals surface area contributed by atoms with Gasteiger partial charge in [0.1, 0.15) is 5.75 Å². The third-order valence-corrected chi connectivity index (χ3v) is 4.96. The number of hydrogen-bond acceptors (Lipinski definition) is 4. The van der Waals surface area contributed by atoms with Crippen LogP contribution in [0.4, 0.5) is 0 Å². The van der Waals surface area contributed by atoms with E-state index in [9.17, 15) is 4.79 Å². The normalized spacial score (nSPS) is 14.9. The Bertz CT molecular complexity index is 537. The molecule has 1 saturated heterocycles. The summed E-state index contributed by atoms with van der Waals surface area (Å²) in [5, 5.41) is 0. The van der Waals surface area contributed by atoms with Crippen LogP contribution in [0.1, 0.15) is 31.2 Å². The highest BCUT2D eigenvalue weighted by molar-refractivity contribution is 9.10. The molecule has 0 unspecified atom stereocenters. The van der Waals surface area contributed by atoms with Crippen LogP contribution >= 0.6 is 28.3 Å². The Hall–Kier alpha value is -0.820. The first-order chi connectivity index (χ1) is 11.6.